The molecule has 0 saturated carbocycles. The fourth-order valence-corrected chi connectivity index (χ4v) is 2.57. The van der Waals surface area contributed by atoms with Crippen molar-refractivity contribution in [2.45, 2.75) is 6.42 Å². The smallest absolute Gasteiger partial charge is 0.225 e. The van der Waals surface area contributed by atoms with Gasteiger partial charge in [-0.3, -0.25) is 4.98 Å². The zero-order valence-electron chi connectivity index (χ0n) is 15.8. The lowest BCUT2D eigenvalue weighted by atomic mass is 10.2. The van der Waals surface area contributed by atoms with Crippen molar-refractivity contribution in [3.63, 3.8) is 0 Å². The Kier molecular flexibility index (Phi) is 6.59. The average Bonchev–Trinajstić information content (AvgIpc) is 2.74. The number of pyridine rings is 1. The van der Waals surface area contributed by atoms with E-state index in [9.17, 15) is 0 Å². The van der Waals surface area contributed by atoms with E-state index in [0.717, 1.165) is 16.9 Å². The van der Waals surface area contributed by atoms with Crippen LogP contribution in [-0.4, -0.2) is 47.4 Å². The van der Waals surface area contributed by atoms with Gasteiger partial charge in [0.05, 0.1) is 19.9 Å². The third kappa shape index (κ3) is 5.08. The summed E-state index contributed by atoms with van der Waals surface area (Å²) >= 11 is 0. The standard InChI is InChI=1S/C20H23N5O3/c1-27-16-10-15(11-17(12-16)28-2)23-19-13-18(14-4-7-21-8-5-14)24-20(25-19)22-6-3-9-26/h4-5,7-8,10-13,26H,3,6,9H2,1-2H3,(H2,22,23,24,25). The number of anilines is 3. The van der Waals surface area contributed by atoms with E-state index < -0.39 is 0 Å². The highest BCUT2D eigenvalue weighted by atomic mass is 16.5. The molecule has 8 heteroatoms. The molecule has 146 valence electrons. The van der Waals surface area contributed by atoms with Gasteiger partial charge in [0.1, 0.15) is 17.3 Å². The summed E-state index contributed by atoms with van der Waals surface area (Å²) < 4.78 is 10.6. The molecule has 0 unspecified atom stereocenters. The van der Waals surface area contributed by atoms with Crippen molar-refractivity contribution in [2.24, 2.45) is 0 Å². The van der Waals surface area contributed by atoms with Crippen LogP contribution < -0.4 is 20.1 Å². The van der Waals surface area contributed by atoms with E-state index >= 15 is 0 Å². The number of methoxy groups -OCH3 is 2. The molecule has 0 saturated heterocycles. The highest BCUT2D eigenvalue weighted by molar-refractivity contribution is 5.68. The number of benzene rings is 1. The van der Waals surface area contributed by atoms with Crippen LogP contribution >= 0.6 is 0 Å². The Bertz CT molecular complexity index is 883. The minimum Gasteiger partial charge on any atom is -0.497 e. The van der Waals surface area contributed by atoms with Gasteiger partial charge in [-0.15, -0.1) is 0 Å². The summed E-state index contributed by atoms with van der Waals surface area (Å²) in [6, 6.07) is 11.1. The normalized spacial score (nSPS) is 10.4. The molecule has 3 rings (SSSR count). The van der Waals surface area contributed by atoms with Crippen LogP contribution in [0.25, 0.3) is 11.3 Å². The van der Waals surface area contributed by atoms with Crippen LogP contribution in [0.1, 0.15) is 6.42 Å². The summed E-state index contributed by atoms with van der Waals surface area (Å²) in [4.78, 5) is 13.1. The minimum absolute atomic E-state index is 0.103. The molecule has 8 nitrogen and oxygen atoms in total. The maximum Gasteiger partial charge on any atom is 0.225 e. The SMILES string of the molecule is COc1cc(Nc2cc(-c3ccncc3)nc(NCCCO)n2)cc(OC)c1. The summed E-state index contributed by atoms with van der Waals surface area (Å²) in [6.45, 7) is 0.675. The van der Waals surface area contributed by atoms with Crippen LogP contribution in [0.4, 0.5) is 17.5 Å². The molecule has 1 aromatic carbocycles. The van der Waals surface area contributed by atoms with Crippen LogP contribution in [0.15, 0.2) is 48.8 Å². The van der Waals surface area contributed by atoms with E-state index in [1.807, 2.05) is 30.3 Å². The lowest BCUT2D eigenvalue weighted by Crippen LogP contribution is -2.08. The number of hydrogen-bond acceptors (Lipinski definition) is 8. The molecule has 0 spiro atoms. The monoisotopic (exact) mass is 381 g/mol. The Morgan fingerprint density at radius 1 is 0.964 bits per heavy atom. The molecule has 2 heterocycles. The van der Waals surface area contributed by atoms with Crippen molar-refractivity contribution in [3.05, 3.63) is 48.8 Å². The van der Waals surface area contributed by atoms with Crippen LogP contribution in [0, 0.1) is 0 Å². The average molecular weight is 381 g/mol. The fourth-order valence-electron chi connectivity index (χ4n) is 2.57. The van der Waals surface area contributed by atoms with E-state index in [0.29, 0.717) is 36.2 Å². The van der Waals surface area contributed by atoms with Crippen molar-refractivity contribution in [2.75, 3.05) is 38.0 Å². The fraction of sp³-hybridized carbons (Fsp3) is 0.250. The second kappa shape index (κ2) is 9.52. The molecule has 28 heavy (non-hydrogen) atoms. The van der Waals surface area contributed by atoms with Gasteiger partial charge in [0, 0.05) is 61.1 Å². The highest BCUT2D eigenvalue weighted by Crippen LogP contribution is 2.29. The summed E-state index contributed by atoms with van der Waals surface area (Å²) in [5.74, 6) is 2.43. The number of nitrogens with one attached hydrogen (secondary N) is 2. The lowest BCUT2D eigenvalue weighted by Gasteiger charge is -2.13. The van der Waals surface area contributed by atoms with Crippen molar-refractivity contribution in [1.29, 1.82) is 0 Å². The third-order valence-electron chi connectivity index (χ3n) is 3.94. The number of aliphatic hydroxyl groups is 1. The van der Waals surface area contributed by atoms with E-state index in [4.69, 9.17) is 14.6 Å². The summed E-state index contributed by atoms with van der Waals surface area (Å²) in [5.41, 5.74) is 2.45. The molecular weight excluding hydrogens is 358 g/mol. The second-order valence-electron chi connectivity index (χ2n) is 5.93. The Morgan fingerprint density at radius 2 is 1.68 bits per heavy atom. The first-order valence-corrected chi connectivity index (χ1v) is 8.86. The first kappa shape index (κ1) is 19.4. The van der Waals surface area contributed by atoms with Gasteiger partial charge in [0.25, 0.3) is 0 Å². The highest BCUT2D eigenvalue weighted by Gasteiger charge is 2.09. The number of nitrogens with zero attached hydrogens (tertiary/aromatic N) is 3. The molecule has 0 atom stereocenters. The first-order valence-electron chi connectivity index (χ1n) is 8.86. The van der Waals surface area contributed by atoms with E-state index in [1.54, 1.807) is 32.7 Å². The van der Waals surface area contributed by atoms with Gasteiger partial charge in [-0.05, 0) is 18.6 Å². The molecule has 0 aliphatic rings. The predicted molar refractivity (Wildman–Crippen MR) is 108 cm³/mol. The number of aliphatic hydroxyl groups excluding tert-OH is 1. The second-order valence-corrected chi connectivity index (χ2v) is 5.93. The third-order valence-corrected chi connectivity index (χ3v) is 3.94. The number of hydrogen-bond donors (Lipinski definition) is 3. The maximum atomic E-state index is 9.00. The Hall–Kier alpha value is -3.39. The van der Waals surface area contributed by atoms with Crippen LogP contribution in [0.2, 0.25) is 0 Å². The molecule has 3 aromatic rings. The van der Waals surface area contributed by atoms with Crippen molar-refractivity contribution >= 4 is 17.5 Å². The Balaban J connectivity index is 1.94. The van der Waals surface area contributed by atoms with Crippen LogP contribution in [-0.2, 0) is 0 Å². The zero-order chi connectivity index (χ0) is 19.8. The van der Waals surface area contributed by atoms with E-state index in [1.165, 1.54) is 0 Å². The summed E-state index contributed by atoms with van der Waals surface area (Å²) in [6.07, 6.45) is 4.05. The van der Waals surface area contributed by atoms with E-state index in [2.05, 4.69) is 25.6 Å². The van der Waals surface area contributed by atoms with E-state index in [-0.39, 0.29) is 6.61 Å². The molecule has 2 aromatic heterocycles. The molecule has 0 fully saturated rings. The Morgan fingerprint density at radius 3 is 2.32 bits per heavy atom. The molecule has 0 amide bonds. The number of ether oxygens (including phenoxy) is 2. The first-order chi connectivity index (χ1) is 13.7. The topological polar surface area (TPSA) is 101 Å². The quantitative estimate of drug-likeness (QED) is 0.486. The largest absolute Gasteiger partial charge is 0.497 e. The molecule has 3 N–H and O–H groups in total. The van der Waals surface area contributed by atoms with Gasteiger partial charge in [0.2, 0.25) is 5.95 Å². The summed E-state index contributed by atoms with van der Waals surface area (Å²) in [7, 11) is 3.21. The van der Waals surface area contributed by atoms with Gasteiger partial charge in [-0.2, -0.15) is 4.98 Å². The van der Waals surface area contributed by atoms with Gasteiger partial charge in [-0.1, -0.05) is 0 Å². The number of aromatic nitrogens is 3. The van der Waals surface area contributed by atoms with Crippen molar-refractivity contribution in [3.8, 4) is 22.8 Å². The van der Waals surface area contributed by atoms with Gasteiger partial charge in [-0.25, -0.2) is 4.98 Å². The Labute approximate surface area is 163 Å². The maximum absolute atomic E-state index is 9.00. The number of rotatable bonds is 9. The predicted octanol–water partition coefficient (Wildman–Crippen LogP) is 3.09. The van der Waals surface area contributed by atoms with Crippen molar-refractivity contribution < 1.29 is 14.6 Å². The van der Waals surface area contributed by atoms with Crippen LogP contribution in [0.3, 0.4) is 0 Å². The minimum atomic E-state index is 0.103. The van der Waals surface area contributed by atoms with Gasteiger partial charge >= 0.3 is 0 Å². The van der Waals surface area contributed by atoms with Crippen molar-refractivity contribution in [1.82, 2.24) is 15.0 Å². The van der Waals surface area contributed by atoms with Gasteiger partial charge < -0.3 is 25.2 Å². The molecule has 0 radical (unpaired) electrons. The molecule has 0 bridgehead atoms. The molecule has 0 aliphatic heterocycles. The molecular formula is C20H23N5O3. The lowest BCUT2D eigenvalue weighted by molar-refractivity contribution is 0.292. The summed E-state index contributed by atoms with van der Waals surface area (Å²) in [5, 5.41) is 15.4. The zero-order valence-corrected chi connectivity index (χ0v) is 15.8. The van der Waals surface area contributed by atoms with Gasteiger partial charge in [0.15, 0.2) is 0 Å². The molecule has 0 aliphatic carbocycles. The van der Waals surface area contributed by atoms with Crippen LogP contribution in [0.5, 0.6) is 11.5 Å².